The van der Waals surface area contributed by atoms with Crippen molar-refractivity contribution < 1.29 is 32.9 Å². The van der Waals surface area contributed by atoms with Gasteiger partial charge < -0.3 is 32.9 Å². The molecule has 0 radical (unpaired) electrons. The second-order valence-electron chi connectivity index (χ2n) is 0. The summed E-state index contributed by atoms with van der Waals surface area (Å²) in [5.74, 6) is 0. The maximum absolute atomic E-state index is 0. The van der Waals surface area contributed by atoms with Crippen LogP contribution in [0.1, 0.15) is 0 Å². The van der Waals surface area contributed by atoms with Crippen molar-refractivity contribution in [2.45, 2.75) is 0 Å². The van der Waals surface area contributed by atoms with Gasteiger partial charge in [0.2, 0.25) is 0 Å². The first-order valence-electron chi connectivity index (χ1n) is 0. The van der Waals surface area contributed by atoms with Crippen LogP contribution in [0.15, 0.2) is 0 Å². The Morgan fingerprint density at radius 1 is 0.286 bits per heavy atom. The molecule has 0 heterocycles. The Hall–Kier alpha value is 1.02. The van der Waals surface area contributed by atoms with Crippen LogP contribution in [0.25, 0.3) is 0 Å². The van der Waals surface area contributed by atoms with Crippen molar-refractivity contribution in [3.8, 4) is 0 Å². The van der Waals surface area contributed by atoms with Gasteiger partial charge in [0.15, 0.2) is 0 Å². The minimum atomic E-state index is 0. The van der Waals surface area contributed by atoms with Gasteiger partial charge in [0.05, 0.1) is 0 Å². The van der Waals surface area contributed by atoms with Crippen molar-refractivity contribution >= 4 is 37.7 Å². The molecular weight excluding hydrogens is 136 g/mol. The Kier molecular flexibility index (Phi) is 13300. The summed E-state index contributed by atoms with van der Waals surface area (Å²) < 4.78 is 0. The van der Waals surface area contributed by atoms with Crippen molar-refractivity contribution in [2.75, 3.05) is 0 Å². The molecule has 52 valence electrons. The third-order valence-electron chi connectivity index (χ3n) is 0. The number of hydrogen-bond acceptors (Lipinski definition) is 0. The minimum absolute atomic E-state index is 0. The molecule has 0 aliphatic heterocycles. The quantitative estimate of drug-likeness (QED) is 0.297. The van der Waals surface area contributed by atoms with E-state index in [1.165, 1.54) is 0 Å². The third kappa shape index (κ3) is 170. The van der Waals surface area contributed by atoms with Crippen LogP contribution >= 0.6 is 0 Å². The summed E-state index contributed by atoms with van der Waals surface area (Å²) >= 11 is 0. The molecule has 0 aromatic rings. The fourth-order valence-corrected chi connectivity index (χ4v) is 0. The fraction of sp³-hybridized carbons (Fsp3) is 0. The van der Waals surface area contributed by atoms with E-state index in [0.717, 1.165) is 0 Å². The predicted molar refractivity (Wildman–Crippen MR) is 30.2 cm³/mol. The average Bonchev–Trinajstić information content (AvgIpc) is 0. The van der Waals surface area contributed by atoms with E-state index in [4.69, 9.17) is 0 Å². The molecule has 0 fully saturated rings. The third-order valence-corrected chi connectivity index (χ3v) is 0. The Labute approximate surface area is 70.4 Å². The zero-order valence-electron chi connectivity index (χ0n) is 3.00. The second kappa shape index (κ2) is 245. The second-order valence-corrected chi connectivity index (χ2v) is 0. The van der Waals surface area contributed by atoms with Gasteiger partial charge in [-0.15, -0.1) is 0 Å². The first-order valence-corrected chi connectivity index (χ1v) is 0. The van der Waals surface area contributed by atoms with Crippen molar-refractivity contribution in [2.24, 2.45) is 0 Å². The first-order chi connectivity index (χ1) is 0. The standard InChI is InChI=1S/Ca.6H2O.2H/h;6*1H2;;. The first kappa shape index (κ1) is 380. The molecular formula is H14CaO6. The van der Waals surface area contributed by atoms with E-state index >= 15 is 0 Å². The molecule has 0 rings (SSSR count). The van der Waals surface area contributed by atoms with Gasteiger partial charge in [0.25, 0.3) is 0 Å². The SMILES string of the molecule is O.O.O.O.O.O.[CaH2]. The van der Waals surface area contributed by atoms with E-state index in [1.54, 1.807) is 0 Å². The van der Waals surface area contributed by atoms with Gasteiger partial charge in [-0.05, 0) is 0 Å². The molecule has 0 saturated carbocycles. The maximum atomic E-state index is 0. The van der Waals surface area contributed by atoms with E-state index < -0.39 is 0 Å². The normalized spacial score (nSPS) is 0. The van der Waals surface area contributed by atoms with Crippen LogP contribution in [-0.4, -0.2) is 70.6 Å². The molecule has 0 aliphatic carbocycles. The zero-order chi connectivity index (χ0) is 0. The monoisotopic (exact) mass is 150 g/mol. The van der Waals surface area contributed by atoms with Gasteiger partial charge >= 0.3 is 37.7 Å². The molecule has 7 heavy (non-hydrogen) atoms. The van der Waals surface area contributed by atoms with Crippen molar-refractivity contribution in [1.82, 2.24) is 0 Å². The molecule has 12 N–H and O–H groups in total. The van der Waals surface area contributed by atoms with E-state index in [0.29, 0.717) is 0 Å². The summed E-state index contributed by atoms with van der Waals surface area (Å²) in [4.78, 5) is 0. The van der Waals surface area contributed by atoms with Crippen LogP contribution in [0.2, 0.25) is 0 Å². The average molecular weight is 150 g/mol. The molecule has 0 amide bonds. The molecule has 0 aromatic carbocycles. The Balaban J connectivity index is 0. The van der Waals surface area contributed by atoms with Crippen LogP contribution in [-0.2, 0) is 0 Å². The Morgan fingerprint density at radius 2 is 0.286 bits per heavy atom. The Morgan fingerprint density at radius 3 is 0.286 bits per heavy atom. The van der Waals surface area contributed by atoms with Crippen molar-refractivity contribution in [3.05, 3.63) is 0 Å². The van der Waals surface area contributed by atoms with Crippen LogP contribution in [0.5, 0.6) is 0 Å². The van der Waals surface area contributed by atoms with E-state index in [-0.39, 0.29) is 70.6 Å². The molecule has 0 saturated heterocycles. The van der Waals surface area contributed by atoms with Gasteiger partial charge in [-0.1, -0.05) is 0 Å². The molecule has 0 bridgehead atoms. The summed E-state index contributed by atoms with van der Waals surface area (Å²) in [5.41, 5.74) is 0. The van der Waals surface area contributed by atoms with Crippen LogP contribution in [0.3, 0.4) is 0 Å². The molecule has 0 spiro atoms. The van der Waals surface area contributed by atoms with E-state index in [1.807, 2.05) is 0 Å². The molecule has 0 aliphatic rings. The van der Waals surface area contributed by atoms with Crippen LogP contribution in [0, 0.1) is 0 Å². The zero-order valence-corrected chi connectivity index (χ0v) is 3.00. The van der Waals surface area contributed by atoms with Gasteiger partial charge in [-0.2, -0.15) is 0 Å². The van der Waals surface area contributed by atoms with Gasteiger partial charge in [-0.25, -0.2) is 0 Å². The van der Waals surface area contributed by atoms with Gasteiger partial charge in [-0.3, -0.25) is 0 Å². The molecule has 7 heteroatoms. The molecule has 0 aromatic heterocycles. The summed E-state index contributed by atoms with van der Waals surface area (Å²) in [7, 11) is 0. The number of rotatable bonds is 0. The fourth-order valence-electron chi connectivity index (χ4n) is 0. The summed E-state index contributed by atoms with van der Waals surface area (Å²) in [5, 5.41) is 0. The van der Waals surface area contributed by atoms with Crippen molar-refractivity contribution in [1.29, 1.82) is 0 Å². The van der Waals surface area contributed by atoms with Gasteiger partial charge in [0, 0.05) is 0 Å². The van der Waals surface area contributed by atoms with E-state index in [9.17, 15) is 0 Å². The summed E-state index contributed by atoms with van der Waals surface area (Å²) in [6.07, 6.45) is 0. The molecule has 6 nitrogen and oxygen atoms in total. The summed E-state index contributed by atoms with van der Waals surface area (Å²) in [6.45, 7) is 0. The van der Waals surface area contributed by atoms with Crippen LogP contribution in [0.4, 0.5) is 0 Å². The summed E-state index contributed by atoms with van der Waals surface area (Å²) in [6, 6.07) is 0. The molecule has 0 atom stereocenters. The van der Waals surface area contributed by atoms with Crippen LogP contribution < -0.4 is 0 Å². The predicted octanol–water partition coefficient (Wildman–Crippen LogP) is -5.86. The topological polar surface area (TPSA) is 189 Å². The van der Waals surface area contributed by atoms with Crippen molar-refractivity contribution in [3.63, 3.8) is 0 Å². The number of hydrogen-bond donors (Lipinski definition) is 0. The Bertz CT molecular complexity index is 4.14. The van der Waals surface area contributed by atoms with Gasteiger partial charge in [0.1, 0.15) is 0 Å². The van der Waals surface area contributed by atoms with E-state index in [2.05, 4.69) is 0 Å². The molecule has 0 unspecified atom stereocenters.